The van der Waals surface area contributed by atoms with E-state index in [2.05, 4.69) is 12.2 Å². The first-order valence-electron chi connectivity index (χ1n) is 6.14. The van der Waals surface area contributed by atoms with E-state index < -0.39 is 5.97 Å². The number of rotatable bonds is 5. The summed E-state index contributed by atoms with van der Waals surface area (Å²) >= 11 is 0. The first-order valence-corrected chi connectivity index (χ1v) is 6.14. The molecule has 0 bridgehead atoms. The van der Waals surface area contributed by atoms with E-state index in [1.54, 1.807) is 0 Å². The Bertz CT molecular complexity index is 238. The molecule has 3 unspecified atom stereocenters. The Morgan fingerprint density at radius 1 is 1.40 bits per heavy atom. The molecular weight excluding hydrogens is 190 g/mol. The van der Waals surface area contributed by atoms with Gasteiger partial charge in [0, 0.05) is 0 Å². The fourth-order valence-electron chi connectivity index (χ4n) is 2.69. The predicted molar refractivity (Wildman–Crippen MR) is 58.7 cm³/mol. The highest BCUT2D eigenvalue weighted by atomic mass is 16.4. The molecule has 2 rings (SSSR count). The van der Waals surface area contributed by atoms with Crippen LogP contribution in [-0.2, 0) is 4.79 Å². The van der Waals surface area contributed by atoms with Gasteiger partial charge in [0.05, 0.1) is 0 Å². The summed E-state index contributed by atoms with van der Waals surface area (Å²) in [6.45, 7) is 3.18. The minimum absolute atomic E-state index is 0.280. The standard InChI is InChI=1S/C12H21NO2/c1-8-3-2-4-10(8)7-13-11(12(14)15)9-5-6-9/h8-11,13H,2-7H2,1H3,(H,14,15). The summed E-state index contributed by atoms with van der Waals surface area (Å²) in [7, 11) is 0. The van der Waals surface area contributed by atoms with Gasteiger partial charge >= 0.3 is 5.97 Å². The number of nitrogens with one attached hydrogen (secondary N) is 1. The Kier molecular flexibility index (Phi) is 3.29. The molecule has 0 aliphatic heterocycles. The normalized spacial score (nSPS) is 32.9. The van der Waals surface area contributed by atoms with Crippen molar-refractivity contribution in [3.8, 4) is 0 Å². The second-order valence-corrected chi connectivity index (χ2v) is 5.23. The minimum Gasteiger partial charge on any atom is -0.480 e. The molecule has 86 valence electrons. The quantitative estimate of drug-likeness (QED) is 0.730. The Labute approximate surface area is 91.2 Å². The van der Waals surface area contributed by atoms with Crippen molar-refractivity contribution in [2.24, 2.45) is 17.8 Å². The second-order valence-electron chi connectivity index (χ2n) is 5.23. The topological polar surface area (TPSA) is 49.3 Å². The van der Waals surface area contributed by atoms with Crippen LogP contribution in [0.15, 0.2) is 0 Å². The van der Waals surface area contributed by atoms with Gasteiger partial charge in [0.25, 0.3) is 0 Å². The molecule has 0 aromatic rings. The van der Waals surface area contributed by atoms with Crippen LogP contribution in [0.5, 0.6) is 0 Å². The van der Waals surface area contributed by atoms with Gasteiger partial charge in [-0.25, -0.2) is 0 Å². The monoisotopic (exact) mass is 211 g/mol. The first kappa shape index (κ1) is 10.9. The third kappa shape index (κ3) is 2.71. The lowest BCUT2D eigenvalue weighted by molar-refractivity contribution is -0.140. The highest BCUT2D eigenvalue weighted by molar-refractivity contribution is 5.74. The van der Waals surface area contributed by atoms with Crippen LogP contribution in [0.1, 0.15) is 39.0 Å². The Balaban J connectivity index is 1.77. The van der Waals surface area contributed by atoms with Crippen LogP contribution in [0.2, 0.25) is 0 Å². The summed E-state index contributed by atoms with van der Waals surface area (Å²) in [6, 6.07) is -0.280. The van der Waals surface area contributed by atoms with Gasteiger partial charge in [-0.1, -0.05) is 19.8 Å². The summed E-state index contributed by atoms with van der Waals surface area (Å²) < 4.78 is 0. The van der Waals surface area contributed by atoms with Gasteiger partial charge in [0.2, 0.25) is 0 Å². The van der Waals surface area contributed by atoms with E-state index in [0.717, 1.165) is 25.3 Å². The number of carboxylic acids is 1. The zero-order chi connectivity index (χ0) is 10.8. The molecule has 0 spiro atoms. The van der Waals surface area contributed by atoms with Crippen molar-refractivity contribution in [2.75, 3.05) is 6.54 Å². The van der Waals surface area contributed by atoms with Gasteiger partial charge < -0.3 is 10.4 Å². The number of hydrogen-bond acceptors (Lipinski definition) is 2. The van der Waals surface area contributed by atoms with Crippen LogP contribution in [0.4, 0.5) is 0 Å². The van der Waals surface area contributed by atoms with Crippen molar-refractivity contribution in [1.29, 1.82) is 0 Å². The molecule has 15 heavy (non-hydrogen) atoms. The summed E-state index contributed by atoms with van der Waals surface area (Å²) in [6.07, 6.45) is 6.07. The molecule has 3 nitrogen and oxygen atoms in total. The fraction of sp³-hybridized carbons (Fsp3) is 0.917. The largest absolute Gasteiger partial charge is 0.480 e. The van der Waals surface area contributed by atoms with E-state index >= 15 is 0 Å². The van der Waals surface area contributed by atoms with Gasteiger partial charge in [-0.2, -0.15) is 0 Å². The van der Waals surface area contributed by atoms with Crippen molar-refractivity contribution in [1.82, 2.24) is 5.32 Å². The molecule has 2 saturated carbocycles. The molecule has 0 aromatic carbocycles. The van der Waals surface area contributed by atoms with Gasteiger partial charge in [-0.3, -0.25) is 4.79 Å². The van der Waals surface area contributed by atoms with E-state index in [9.17, 15) is 4.79 Å². The molecule has 2 aliphatic carbocycles. The Hall–Kier alpha value is -0.570. The van der Waals surface area contributed by atoms with Crippen molar-refractivity contribution in [3.05, 3.63) is 0 Å². The van der Waals surface area contributed by atoms with Crippen LogP contribution in [0, 0.1) is 17.8 Å². The lowest BCUT2D eigenvalue weighted by atomic mass is 9.97. The molecule has 0 radical (unpaired) electrons. The van der Waals surface area contributed by atoms with E-state index in [4.69, 9.17) is 5.11 Å². The molecule has 2 fully saturated rings. The molecule has 3 atom stereocenters. The van der Waals surface area contributed by atoms with Crippen molar-refractivity contribution >= 4 is 5.97 Å². The predicted octanol–water partition coefficient (Wildman–Crippen LogP) is 1.88. The minimum atomic E-state index is -0.664. The van der Waals surface area contributed by atoms with Crippen LogP contribution in [-0.4, -0.2) is 23.7 Å². The van der Waals surface area contributed by atoms with Crippen LogP contribution >= 0.6 is 0 Å². The molecule has 0 heterocycles. The van der Waals surface area contributed by atoms with E-state index in [1.165, 1.54) is 19.3 Å². The highest BCUT2D eigenvalue weighted by Crippen LogP contribution is 2.34. The van der Waals surface area contributed by atoms with Gasteiger partial charge in [-0.05, 0) is 43.6 Å². The molecule has 2 N–H and O–H groups in total. The lowest BCUT2D eigenvalue weighted by Gasteiger charge is -2.19. The van der Waals surface area contributed by atoms with Crippen molar-refractivity contribution in [2.45, 2.75) is 45.1 Å². The molecule has 0 aromatic heterocycles. The molecule has 0 saturated heterocycles. The van der Waals surface area contributed by atoms with E-state index in [-0.39, 0.29) is 6.04 Å². The first-order chi connectivity index (χ1) is 7.18. The van der Waals surface area contributed by atoms with Crippen LogP contribution in [0.25, 0.3) is 0 Å². The average Bonchev–Trinajstić information content (AvgIpc) is 2.92. The highest BCUT2D eigenvalue weighted by Gasteiger charge is 2.36. The fourth-order valence-corrected chi connectivity index (χ4v) is 2.69. The molecular formula is C12H21NO2. The SMILES string of the molecule is CC1CCCC1CNC(C(=O)O)C1CC1. The van der Waals surface area contributed by atoms with Crippen molar-refractivity contribution in [3.63, 3.8) is 0 Å². The zero-order valence-electron chi connectivity index (χ0n) is 9.41. The maximum Gasteiger partial charge on any atom is 0.320 e. The Morgan fingerprint density at radius 3 is 2.60 bits per heavy atom. The molecule has 0 amide bonds. The maximum absolute atomic E-state index is 11.0. The third-order valence-electron chi connectivity index (χ3n) is 4.00. The van der Waals surface area contributed by atoms with E-state index in [1.807, 2.05) is 0 Å². The number of carbonyl (C=O) groups is 1. The third-order valence-corrected chi connectivity index (χ3v) is 4.00. The smallest absolute Gasteiger partial charge is 0.320 e. The number of carboxylic acid groups (broad SMARTS) is 1. The summed E-state index contributed by atoms with van der Waals surface area (Å²) in [4.78, 5) is 11.0. The molecule has 2 aliphatic rings. The summed E-state index contributed by atoms with van der Waals surface area (Å²) in [5.41, 5.74) is 0. The maximum atomic E-state index is 11.0. The zero-order valence-corrected chi connectivity index (χ0v) is 9.41. The van der Waals surface area contributed by atoms with Crippen molar-refractivity contribution < 1.29 is 9.90 Å². The second kappa shape index (κ2) is 4.52. The van der Waals surface area contributed by atoms with Crippen LogP contribution < -0.4 is 5.32 Å². The summed E-state index contributed by atoms with van der Waals surface area (Å²) in [5.74, 6) is 1.21. The van der Waals surface area contributed by atoms with E-state index in [0.29, 0.717) is 11.8 Å². The lowest BCUT2D eigenvalue weighted by Crippen LogP contribution is -2.41. The summed E-state index contributed by atoms with van der Waals surface area (Å²) in [5, 5.41) is 12.3. The average molecular weight is 211 g/mol. The van der Waals surface area contributed by atoms with Gasteiger partial charge in [-0.15, -0.1) is 0 Å². The van der Waals surface area contributed by atoms with Gasteiger partial charge in [0.15, 0.2) is 0 Å². The Morgan fingerprint density at radius 2 is 2.13 bits per heavy atom. The molecule has 3 heteroatoms. The number of aliphatic carboxylic acids is 1. The van der Waals surface area contributed by atoms with Gasteiger partial charge in [0.1, 0.15) is 6.04 Å². The number of hydrogen-bond donors (Lipinski definition) is 2. The van der Waals surface area contributed by atoms with Crippen LogP contribution in [0.3, 0.4) is 0 Å².